The van der Waals surface area contributed by atoms with Crippen molar-refractivity contribution in [2.45, 2.75) is 38.1 Å². The standard InChI is InChI=1S/C20H22N2O3/c23-19(24)13-18(15-9-4-5-10-15)22-20(25)17-12-6-11-16(21-17)14-7-2-1-3-8-14/h1-3,6-8,11-12,15,18H,4-5,9-10,13H2,(H,22,25)(H,23,24)/t18-/m0/s1. The number of carboxylic acid groups (broad SMARTS) is 1. The van der Waals surface area contributed by atoms with Crippen molar-refractivity contribution in [3.8, 4) is 11.3 Å². The summed E-state index contributed by atoms with van der Waals surface area (Å²) in [6.07, 6.45) is 4.08. The lowest BCUT2D eigenvalue weighted by molar-refractivity contribution is -0.137. The number of aromatic nitrogens is 1. The van der Waals surface area contributed by atoms with E-state index in [9.17, 15) is 9.59 Å². The second-order valence-corrected chi connectivity index (χ2v) is 6.50. The molecule has 130 valence electrons. The number of nitrogens with one attached hydrogen (secondary N) is 1. The third-order valence-electron chi connectivity index (χ3n) is 4.73. The number of rotatable bonds is 6. The van der Waals surface area contributed by atoms with Gasteiger partial charge in [0.15, 0.2) is 0 Å². The molecule has 1 aliphatic carbocycles. The van der Waals surface area contributed by atoms with Gasteiger partial charge in [0, 0.05) is 11.6 Å². The topological polar surface area (TPSA) is 79.3 Å². The lowest BCUT2D eigenvalue weighted by Crippen LogP contribution is -2.41. The smallest absolute Gasteiger partial charge is 0.305 e. The highest BCUT2D eigenvalue weighted by molar-refractivity contribution is 5.93. The Labute approximate surface area is 147 Å². The van der Waals surface area contributed by atoms with E-state index in [0.717, 1.165) is 36.9 Å². The highest BCUT2D eigenvalue weighted by Gasteiger charge is 2.28. The van der Waals surface area contributed by atoms with E-state index >= 15 is 0 Å². The third-order valence-corrected chi connectivity index (χ3v) is 4.73. The Hall–Kier alpha value is -2.69. The van der Waals surface area contributed by atoms with E-state index in [2.05, 4.69) is 10.3 Å². The number of benzene rings is 1. The third kappa shape index (κ3) is 4.44. The van der Waals surface area contributed by atoms with Crippen LogP contribution >= 0.6 is 0 Å². The van der Waals surface area contributed by atoms with Crippen molar-refractivity contribution >= 4 is 11.9 Å². The van der Waals surface area contributed by atoms with Crippen LogP contribution in [0.4, 0.5) is 0 Å². The van der Waals surface area contributed by atoms with Crippen LogP contribution in [-0.4, -0.2) is 28.0 Å². The van der Waals surface area contributed by atoms with E-state index in [0.29, 0.717) is 5.69 Å². The first kappa shape index (κ1) is 17.1. The quantitative estimate of drug-likeness (QED) is 0.845. The summed E-state index contributed by atoms with van der Waals surface area (Å²) in [5.74, 6) is -0.962. The molecule has 1 heterocycles. The summed E-state index contributed by atoms with van der Waals surface area (Å²) in [5.41, 5.74) is 1.98. The molecule has 5 nitrogen and oxygen atoms in total. The summed E-state index contributed by atoms with van der Waals surface area (Å²) in [4.78, 5) is 28.2. The monoisotopic (exact) mass is 338 g/mol. The minimum atomic E-state index is -0.886. The highest BCUT2D eigenvalue weighted by atomic mass is 16.4. The Morgan fingerprint density at radius 1 is 1.08 bits per heavy atom. The lowest BCUT2D eigenvalue weighted by Gasteiger charge is -2.23. The van der Waals surface area contributed by atoms with Gasteiger partial charge in [-0.25, -0.2) is 4.98 Å². The molecule has 1 aliphatic rings. The lowest BCUT2D eigenvalue weighted by atomic mass is 9.95. The zero-order chi connectivity index (χ0) is 17.6. The maximum atomic E-state index is 12.6. The van der Waals surface area contributed by atoms with Gasteiger partial charge in [-0.3, -0.25) is 9.59 Å². The molecule has 1 amide bonds. The first-order chi connectivity index (χ1) is 12.1. The average Bonchev–Trinajstić information content (AvgIpc) is 3.16. The van der Waals surface area contributed by atoms with Gasteiger partial charge < -0.3 is 10.4 Å². The van der Waals surface area contributed by atoms with E-state index in [1.807, 2.05) is 36.4 Å². The average molecular weight is 338 g/mol. The molecule has 0 saturated heterocycles. The van der Waals surface area contributed by atoms with E-state index < -0.39 is 5.97 Å². The number of amides is 1. The molecule has 0 bridgehead atoms. The zero-order valence-corrected chi connectivity index (χ0v) is 14.0. The Kier molecular flexibility index (Phi) is 5.43. The molecule has 1 aromatic carbocycles. The zero-order valence-electron chi connectivity index (χ0n) is 14.0. The van der Waals surface area contributed by atoms with E-state index in [1.54, 1.807) is 12.1 Å². The predicted molar refractivity (Wildman–Crippen MR) is 95.1 cm³/mol. The van der Waals surface area contributed by atoms with Crippen molar-refractivity contribution in [2.24, 2.45) is 5.92 Å². The van der Waals surface area contributed by atoms with Crippen molar-refractivity contribution in [1.82, 2.24) is 10.3 Å². The van der Waals surface area contributed by atoms with Crippen molar-refractivity contribution in [2.75, 3.05) is 0 Å². The summed E-state index contributed by atoms with van der Waals surface area (Å²) >= 11 is 0. The maximum Gasteiger partial charge on any atom is 0.305 e. The van der Waals surface area contributed by atoms with Crippen LogP contribution in [0.1, 0.15) is 42.6 Å². The Bertz CT molecular complexity index is 740. The van der Waals surface area contributed by atoms with Crippen LogP contribution in [0.5, 0.6) is 0 Å². The first-order valence-electron chi connectivity index (χ1n) is 8.68. The first-order valence-corrected chi connectivity index (χ1v) is 8.68. The molecule has 0 aliphatic heterocycles. The van der Waals surface area contributed by atoms with Gasteiger partial charge in [-0.1, -0.05) is 49.2 Å². The number of nitrogens with zero attached hydrogens (tertiary/aromatic N) is 1. The summed E-state index contributed by atoms with van der Waals surface area (Å²) in [7, 11) is 0. The van der Waals surface area contributed by atoms with Gasteiger partial charge >= 0.3 is 5.97 Å². The van der Waals surface area contributed by atoms with Crippen LogP contribution in [0.3, 0.4) is 0 Å². The SMILES string of the molecule is O=C(O)C[C@H](NC(=O)c1cccc(-c2ccccc2)n1)C1CCCC1. The number of aliphatic carboxylic acids is 1. The number of carboxylic acids is 1. The molecule has 25 heavy (non-hydrogen) atoms. The van der Waals surface area contributed by atoms with Crippen LogP contribution in [0.2, 0.25) is 0 Å². The number of carbonyl (C=O) groups excluding carboxylic acids is 1. The van der Waals surface area contributed by atoms with Crippen molar-refractivity contribution in [3.63, 3.8) is 0 Å². The second kappa shape index (κ2) is 7.92. The molecule has 0 spiro atoms. The normalized spacial score (nSPS) is 15.7. The number of pyridine rings is 1. The van der Waals surface area contributed by atoms with E-state index in [1.165, 1.54) is 0 Å². The fourth-order valence-electron chi connectivity index (χ4n) is 3.46. The Morgan fingerprint density at radius 2 is 1.80 bits per heavy atom. The summed E-state index contributed by atoms with van der Waals surface area (Å²) in [6, 6.07) is 14.6. The molecule has 1 aromatic heterocycles. The van der Waals surface area contributed by atoms with Crippen LogP contribution in [0.25, 0.3) is 11.3 Å². The van der Waals surface area contributed by atoms with Crippen LogP contribution < -0.4 is 5.32 Å². The summed E-state index contributed by atoms with van der Waals surface area (Å²) in [5, 5.41) is 12.1. The molecule has 1 atom stereocenters. The molecule has 1 fully saturated rings. The van der Waals surface area contributed by atoms with Crippen molar-refractivity contribution in [3.05, 3.63) is 54.2 Å². The Balaban J connectivity index is 1.76. The second-order valence-electron chi connectivity index (χ2n) is 6.50. The molecule has 2 aromatic rings. The minimum absolute atomic E-state index is 0.0468. The Morgan fingerprint density at radius 3 is 2.48 bits per heavy atom. The molecular weight excluding hydrogens is 316 g/mol. The molecule has 3 rings (SSSR count). The molecule has 2 N–H and O–H groups in total. The fraction of sp³-hybridized carbons (Fsp3) is 0.350. The van der Waals surface area contributed by atoms with Gasteiger partial charge in [0.25, 0.3) is 5.91 Å². The van der Waals surface area contributed by atoms with E-state index in [4.69, 9.17) is 5.11 Å². The van der Waals surface area contributed by atoms with Crippen molar-refractivity contribution < 1.29 is 14.7 Å². The van der Waals surface area contributed by atoms with Gasteiger partial charge in [-0.05, 0) is 30.9 Å². The predicted octanol–water partition coefficient (Wildman–Crippen LogP) is 3.51. The molecule has 1 saturated carbocycles. The van der Waals surface area contributed by atoms with Gasteiger partial charge in [-0.2, -0.15) is 0 Å². The molecule has 5 heteroatoms. The number of hydrogen-bond acceptors (Lipinski definition) is 3. The fourth-order valence-corrected chi connectivity index (χ4v) is 3.46. The molecule has 0 unspecified atom stereocenters. The number of hydrogen-bond donors (Lipinski definition) is 2. The van der Waals surface area contributed by atoms with Gasteiger partial charge in [0.2, 0.25) is 0 Å². The van der Waals surface area contributed by atoms with Crippen LogP contribution in [0.15, 0.2) is 48.5 Å². The molecule has 0 radical (unpaired) electrons. The minimum Gasteiger partial charge on any atom is -0.481 e. The molecular formula is C20H22N2O3. The van der Waals surface area contributed by atoms with E-state index in [-0.39, 0.29) is 24.3 Å². The van der Waals surface area contributed by atoms with Gasteiger partial charge in [0.1, 0.15) is 5.69 Å². The van der Waals surface area contributed by atoms with Gasteiger partial charge in [-0.15, -0.1) is 0 Å². The largest absolute Gasteiger partial charge is 0.481 e. The summed E-state index contributed by atoms with van der Waals surface area (Å²) in [6.45, 7) is 0. The van der Waals surface area contributed by atoms with Crippen LogP contribution in [0, 0.1) is 5.92 Å². The van der Waals surface area contributed by atoms with Crippen LogP contribution in [-0.2, 0) is 4.79 Å². The van der Waals surface area contributed by atoms with Gasteiger partial charge in [0.05, 0.1) is 12.1 Å². The maximum absolute atomic E-state index is 12.6. The summed E-state index contributed by atoms with van der Waals surface area (Å²) < 4.78 is 0. The highest BCUT2D eigenvalue weighted by Crippen LogP contribution is 2.29. The van der Waals surface area contributed by atoms with Crippen molar-refractivity contribution in [1.29, 1.82) is 0 Å². The number of carbonyl (C=O) groups is 2.